The number of rotatable bonds is 2. The second-order valence-electron chi connectivity index (χ2n) is 3.99. The molecule has 0 spiro atoms. The lowest BCUT2D eigenvalue weighted by Crippen LogP contribution is -1.91. The van der Waals surface area contributed by atoms with Crippen molar-refractivity contribution >= 4 is 54.8 Å². The van der Waals surface area contributed by atoms with E-state index in [9.17, 15) is 0 Å². The minimum absolute atomic E-state index is 0.189. The van der Waals surface area contributed by atoms with Crippen molar-refractivity contribution in [1.29, 1.82) is 0 Å². The van der Waals surface area contributed by atoms with Crippen molar-refractivity contribution < 1.29 is 0 Å². The van der Waals surface area contributed by atoms with Crippen molar-refractivity contribution in [3.05, 3.63) is 54.6 Å². The van der Waals surface area contributed by atoms with Crippen LogP contribution in [0.3, 0.4) is 0 Å². The lowest BCUT2D eigenvalue weighted by molar-refractivity contribution is 1.19. The summed E-state index contributed by atoms with van der Waals surface area (Å²) in [5.74, 6) is 0. The molecule has 0 bridgehead atoms. The Morgan fingerprint density at radius 1 is 1.24 bits per heavy atom. The van der Waals surface area contributed by atoms with Gasteiger partial charge in [0.1, 0.15) is 0 Å². The van der Waals surface area contributed by atoms with Gasteiger partial charge in [0, 0.05) is 9.35 Å². The quantitative estimate of drug-likeness (QED) is 0.527. The molecule has 1 aromatic carbocycles. The lowest BCUT2D eigenvalue weighted by Gasteiger charge is -2.11. The molecule has 2 rings (SSSR count). The first-order valence-electron chi connectivity index (χ1n) is 5.15. The standard InChI is InChI=1S/C13H11Br2ClS/c1-7-3-4-9(10(14)5-7)12(15)11-6-8(2)13(16)17-11/h3-6,12H,1-2H3. The first-order chi connectivity index (χ1) is 7.99. The summed E-state index contributed by atoms with van der Waals surface area (Å²) >= 11 is 15.1. The maximum atomic E-state index is 6.11. The summed E-state index contributed by atoms with van der Waals surface area (Å²) in [6.07, 6.45) is 0. The van der Waals surface area contributed by atoms with Crippen LogP contribution < -0.4 is 0 Å². The van der Waals surface area contributed by atoms with Gasteiger partial charge < -0.3 is 0 Å². The third-order valence-electron chi connectivity index (χ3n) is 2.56. The fraction of sp³-hybridized carbons (Fsp3) is 0.231. The van der Waals surface area contributed by atoms with Crippen LogP contribution in [0.2, 0.25) is 4.34 Å². The fourth-order valence-electron chi connectivity index (χ4n) is 1.60. The number of aryl methyl sites for hydroxylation is 2. The van der Waals surface area contributed by atoms with Crippen molar-refractivity contribution in [3.8, 4) is 0 Å². The summed E-state index contributed by atoms with van der Waals surface area (Å²) in [6, 6.07) is 8.53. The molecule has 0 saturated carbocycles. The van der Waals surface area contributed by atoms with Crippen LogP contribution in [0.25, 0.3) is 0 Å². The van der Waals surface area contributed by atoms with Crippen LogP contribution in [0.4, 0.5) is 0 Å². The van der Waals surface area contributed by atoms with Crippen LogP contribution in [0.15, 0.2) is 28.7 Å². The zero-order chi connectivity index (χ0) is 12.6. The van der Waals surface area contributed by atoms with Gasteiger partial charge in [0.25, 0.3) is 0 Å². The summed E-state index contributed by atoms with van der Waals surface area (Å²) in [7, 11) is 0. The van der Waals surface area contributed by atoms with Crippen molar-refractivity contribution in [2.75, 3.05) is 0 Å². The third kappa shape index (κ3) is 2.95. The van der Waals surface area contributed by atoms with Crippen LogP contribution in [0.5, 0.6) is 0 Å². The van der Waals surface area contributed by atoms with Gasteiger partial charge in [0.2, 0.25) is 0 Å². The van der Waals surface area contributed by atoms with Crippen molar-refractivity contribution in [3.63, 3.8) is 0 Å². The molecule has 90 valence electrons. The summed E-state index contributed by atoms with van der Waals surface area (Å²) < 4.78 is 1.99. The van der Waals surface area contributed by atoms with Gasteiger partial charge in [-0.05, 0) is 42.7 Å². The van der Waals surface area contributed by atoms with Crippen LogP contribution in [0.1, 0.15) is 26.4 Å². The molecule has 0 aliphatic rings. The maximum absolute atomic E-state index is 6.11. The molecule has 1 atom stereocenters. The average Bonchev–Trinajstić information content (AvgIpc) is 2.58. The first-order valence-corrected chi connectivity index (χ1v) is 8.05. The Kier molecular flexibility index (Phi) is 4.35. The molecule has 1 unspecified atom stereocenters. The van der Waals surface area contributed by atoms with Gasteiger partial charge in [0.05, 0.1) is 9.16 Å². The van der Waals surface area contributed by atoms with Crippen molar-refractivity contribution in [1.82, 2.24) is 0 Å². The van der Waals surface area contributed by atoms with E-state index in [-0.39, 0.29) is 4.83 Å². The highest BCUT2D eigenvalue weighted by Gasteiger charge is 2.16. The number of benzene rings is 1. The summed E-state index contributed by atoms with van der Waals surface area (Å²) in [4.78, 5) is 1.42. The van der Waals surface area contributed by atoms with Gasteiger partial charge in [-0.25, -0.2) is 0 Å². The maximum Gasteiger partial charge on any atom is 0.0960 e. The highest BCUT2D eigenvalue weighted by atomic mass is 79.9. The molecule has 1 aromatic heterocycles. The van der Waals surface area contributed by atoms with Crippen LogP contribution >= 0.6 is 54.8 Å². The molecule has 0 radical (unpaired) electrons. The largest absolute Gasteiger partial charge is 0.127 e. The minimum atomic E-state index is 0.189. The predicted octanol–water partition coefficient (Wildman–Crippen LogP) is 6.27. The van der Waals surface area contributed by atoms with E-state index in [1.807, 2.05) is 6.92 Å². The van der Waals surface area contributed by atoms with Crippen molar-refractivity contribution in [2.45, 2.75) is 18.7 Å². The number of thiophene rings is 1. The molecule has 4 heteroatoms. The monoisotopic (exact) mass is 392 g/mol. The number of hydrogen-bond acceptors (Lipinski definition) is 1. The van der Waals surface area contributed by atoms with E-state index in [1.165, 1.54) is 16.0 Å². The number of hydrogen-bond donors (Lipinski definition) is 0. The molecule has 0 aliphatic heterocycles. The molecular weight excluding hydrogens is 383 g/mol. The van der Waals surface area contributed by atoms with E-state index >= 15 is 0 Å². The average molecular weight is 395 g/mol. The molecule has 0 amide bonds. The van der Waals surface area contributed by atoms with Crippen LogP contribution in [0, 0.1) is 13.8 Å². The zero-order valence-electron chi connectivity index (χ0n) is 9.43. The van der Waals surface area contributed by atoms with E-state index in [0.29, 0.717) is 0 Å². The molecule has 0 nitrogen and oxygen atoms in total. The molecule has 2 aromatic rings. The Labute approximate surface area is 127 Å². The lowest BCUT2D eigenvalue weighted by atomic mass is 10.1. The van der Waals surface area contributed by atoms with Gasteiger partial charge in [-0.2, -0.15) is 0 Å². The van der Waals surface area contributed by atoms with Gasteiger partial charge in [-0.3, -0.25) is 0 Å². The summed E-state index contributed by atoms with van der Waals surface area (Å²) in [6.45, 7) is 4.12. The van der Waals surface area contributed by atoms with Gasteiger partial charge in [-0.1, -0.05) is 55.6 Å². The van der Waals surface area contributed by atoms with E-state index in [2.05, 4.69) is 63.0 Å². The van der Waals surface area contributed by atoms with Crippen molar-refractivity contribution in [2.24, 2.45) is 0 Å². The Morgan fingerprint density at radius 2 is 1.94 bits per heavy atom. The summed E-state index contributed by atoms with van der Waals surface area (Å²) in [5, 5.41) is 0. The van der Waals surface area contributed by atoms with E-state index in [1.54, 1.807) is 11.3 Å². The Balaban J connectivity index is 2.39. The highest BCUT2D eigenvalue weighted by Crippen LogP contribution is 2.41. The molecule has 0 saturated heterocycles. The smallest absolute Gasteiger partial charge is 0.0960 e. The Hall–Kier alpha value is 0.170. The molecule has 0 fully saturated rings. The zero-order valence-corrected chi connectivity index (χ0v) is 14.2. The Bertz CT molecular complexity index is 529. The SMILES string of the molecule is Cc1ccc(C(Br)c2cc(C)c(Cl)s2)c(Br)c1. The molecule has 0 aliphatic carbocycles. The van der Waals surface area contributed by atoms with E-state index in [4.69, 9.17) is 11.6 Å². The molecule has 1 heterocycles. The van der Waals surface area contributed by atoms with Crippen LogP contribution in [-0.4, -0.2) is 0 Å². The van der Waals surface area contributed by atoms with Crippen LogP contribution in [-0.2, 0) is 0 Å². The highest BCUT2D eigenvalue weighted by molar-refractivity contribution is 9.11. The third-order valence-corrected chi connectivity index (χ3v) is 6.15. The van der Waals surface area contributed by atoms with E-state index < -0.39 is 0 Å². The van der Waals surface area contributed by atoms with Gasteiger partial charge in [-0.15, -0.1) is 11.3 Å². The Morgan fingerprint density at radius 3 is 2.47 bits per heavy atom. The number of alkyl halides is 1. The predicted molar refractivity (Wildman–Crippen MR) is 83.7 cm³/mol. The topological polar surface area (TPSA) is 0 Å². The second kappa shape index (κ2) is 5.43. The number of halogens is 3. The molecule has 0 N–H and O–H groups in total. The van der Waals surface area contributed by atoms with Gasteiger partial charge in [0.15, 0.2) is 0 Å². The minimum Gasteiger partial charge on any atom is -0.127 e. The second-order valence-corrected chi connectivity index (χ2v) is 7.45. The summed E-state index contributed by atoms with van der Waals surface area (Å²) in [5.41, 5.74) is 3.62. The van der Waals surface area contributed by atoms with Gasteiger partial charge >= 0.3 is 0 Å². The molecular formula is C13H11Br2ClS. The first kappa shape index (κ1) is 13.6. The molecule has 17 heavy (non-hydrogen) atoms. The van der Waals surface area contributed by atoms with E-state index in [0.717, 1.165) is 14.4 Å². The normalized spacial score (nSPS) is 12.8. The fourth-order valence-corrected chi connectivity index (χ4v) is 4.66.